The molecule has 2 atom stereocenters. The van der Waals surface area contributed by atoms with Crippen LogP contribution in [-0.4, -0.2) is 22.2 Å². The Bertz CT molecular complexity index is 413. The third kappa shape index (κ3) is 3.18. The second-order valence-corrected chi connectivity index (χ2v) is 4.48. The van der Waals surface area contributed by atoms with Crippen molar-refractivity contribution in [2.24, 2.45) is 0 Å². The summed E-state index contributed by atoms with van der Waals surface area (Å²) in [5.74, 6) is 0.676. The Morgan fingerprint density at radius 3 is 2.94 bits per heavy atom. The van der Waals surface area contributed by atoms with Gasteiger partial charge in [-0.15, -0.1) is 0 Å². The monoisotopic (exact) mass is 231 g/mol. The zero-order chi connectivity index (χ0) is 12.1. The van der Waals surface area contributed by atoms with E-state index in [4.69, 9.17) is 5.26 Å². The maximum atomic E-state index is 9.98. The second kappa shape index (κ2) is 5.65. The lowest BCUT2D eigenvalue weighted by molar-refractivity contribution is 0.144. The SMILES string of the molecule is N#Cc1cccc(NC2CCCCCC2O)n1. The van der Waals surface area contributed by atoms with Crippen molar-refractivity contribution < 1.29 is 5.11 Å². The van der Waals surface area contributed by atoms with Gasteiger partial charge in [0, 0.05) is 0 Å². The van der Waals surface area contributed by atoms with E-state index in [2.05, 4.69) is 10.3 Å². The highest BCUT2D eigenvalue weighted by atomic mass is 16.3. The van der Waals surface area contributed by atoms with Crippen LogP contribution in [0.3, 0.4) is 0 Å². The van der Waals surface area contributed by atoms with E-state index >= 15 is 0 Å². The summed E-state index contributed by atoms with van der Waals surface area (Å²) < 4.78 is 0. The van der Waals surface area contributed by atoms with Crippen LogP contribution < -0.4 is 5.32 Å². The van der Waals surface area contributed by atoms with Gasteiger partial charge in [0.1, 0.15) is 17.6 Å². The largest absolute Gasteiger partial charge is 0.391 e. The molecule has 2 unspecified atom stereocenters. The van der Waals surface area contributed by atoms with Gasteiger partial charge in [0.2, 0.25) is 0 Å². The van der Waals surface area contributed by atoms with Crippen molar-refractivity contribution in [1.82, 2.24) is 4.98 Å². The van der Waals surface area contributed by atoms with Gasteiger partial charge >= 0.3 is 0 Å². The van der Waals surface area contributed by atoms with Gasteiger partial charge in [-0.25, -0.2) is 4.98 Å². The molecular weight excluding hydrogens is 214 g/mol. The normalized spacial score (nSPS) is 24.7. The highest BCUT2D eigenvalue weighted by molar-refractivity contribution is 5.39. The summed E-state index contributed by atoms with van der Waals surface area (Å²) in [5.41, 5.74) is 0.401. The van der Waals surface area contributed by atoms with Gasteiger partial charge in [-0.2, -0.15) is 5.26 Å². The Morgan fingerprint density at radius 1 is 1.29 bits per heavy atom. The van der Waals surface area contributed by atoms with Crippen LogP contribution >= 0.6 is 0 Å². The molecule has 0 saturated heterocycles. The Balaban J connectivity index is 2.05. The van der Waals surface area contributed by atoms with Crippen LogP contribution in [-0.2, 0) is 0 Å². The van der Waals surface area contributed by atoms with E-state index in [-0.39, 0.29) is 12.1 Å². The summed E-state index contributed by atoms with van der Waals surface area (Å²) >= 11 is 0. The van der Waals surface area contributed by atoms with Crippen molar-refractivity contribution in [3.05, 3.63) is 23.9 Å². The number of aliphatic hydroxyl groups excluding tert-OH is 1. The number of nitrogens with zero attached hydrogens (tertiary/aromatic N) is 2. The van der Waals surface area contributed by atoms with Crippen LogP contribution in [0, 0.1) is 11.3 Å². The Hall–Kier alpha value is -1.60. The smallest absolute Gasteiger partial charge is 0.142 e. The summed E-state index contributed by atoms with van der Waals surface area (Å²) in [6, 6.07) is 7.38. The second-order valence-electron chi connectivity index (χ2n) is 4.48. The van der Waals surface area contributed by atoms with E-state index in [1.54, 1.807) is 12.1 Å². The molecule has 1 aliphatic rings. The molecule has 1 aromatic heterocycles. The molecule has 17 heavy (non-hydrogen) atoms. The van der Waals surface area contributed by atoms with Gasteiger partial charge in [0.25, 0.3) is 0 Å². The van der Waals surface area contributed by atoms with Crippen molar-refractivity contribution in [1.29, 1.82) is 5.26 Å². The van der Waals surface area contributed by atoms with Crippen molar-refractivity contribution in [2.45, 2.75) is 44.2 Å². The van der Waals surface area contributed by atoms with Crippen LogP contribution in [0.1, 0.15) is 37.8 Å². The molecule has 1 aliphatic carbocycles. The molecule has 1 saturated carbocycles. The summed E-state index contributed by atoms with van der Waals surface area (Å²) in [6.07, 6.45) is 4.89. The number of aromatic nitrogens is 1. The number of rotatable bonds is 2. The molecule has 2 N–H and O–H groups in total. The molecule has 1 fully saturated rings. The van der Waals surface area contributed by atoms with Crippen LogP contribution in [0.4, 0.5) is 5.82 Å². The first-order valence-corrected chi connectivity index (χ1v) is 6.11. The van der Waals surface area contributed by atoms with Gasteiger partial charge in [-0.05, 0) is 25.0 Å². The molecule has 90 valence electrons. The van der Waals surface area contributed by atoms with Gasteiger partial charge < -0.3 is 10.4 Å². The van der Waals surface area contributed by atoms with Crippen molar-refractivity contribution >= 4 is 5.82 Å². The zero-order valence-corrected chi connectivity index (χ0v) is 9.76. The van der Waals surface area contributed by atoms with Crippen molar-refractivity contribution in [3.8, 4) is 6.07 Å². The minimum atomic E-state index is -0.315. The Morgan fingerprint density at radius 2 is 2.12 bits per heavy atom. The fourth-order valence-corrected chi connectivity index (χ4v) is 2.22. The van der Waals surface area contributed by atoms with Crippen LogP contribution in [0.15, 0.2) is 18.2 Å². The molecule has 4 nitrogen and oxygen atoms in total. The van der Waals surface area contributed by atoms with Crippen LogP contribution in [0.25, 0.3) is 0 Å². The first-order chi connectivity index (χ1) is 8.29. The van der Waals surface area contributed by atoms with Crippen molar-refractivity contribution in [2.75, 3.05) is 5.32 Å². The quantitative estimate of drug-likeness (QED) is 0.764. The first kappa shape index (κ1) is 11.9. The molecule has 1 heterocycles. The third-order valence-corrected chi connectivity index (χ3v) is 3.18. The summed E-state index contributed by atoms with van der Waals surface area (Å²) in [7, 11) is 0. The summed E-state index contributed by atoms with van der Waals surface area (Å²) in [4.78, 5) is 4.17. The maximum absolute atomic E-state index is 9.98. The highest BCUT2D eigenvalue weighted by Crippen LogP contribution is 2.21. The Kier molecular flexibility index (Phi) is 3.94. The minimum absolute atomic E-state index is 0.0546. The average molecular weight is 231 g/mol. The van der Waals surface area contributed by atoms with Gasteiger partial charge in [0.15, 0.2) is 0 Å². The predicted molar refractivity (Wildman–Crippen MR) is 65.5 cm³/mol. The van der Waals surface area contributed by atoms with E-state index in [0.29, 0.717) is 11.5 Å². The molecule has 0 bridgehead atoms. The van der Waals surface area contributed by atoms with Gasteiger partial charge in [-0.3, -0.25) is 0 Å². The fourth-order valence-electron chi connectivity index (χ4n) is 2.22. The number of nitrogens with one attached hydrogen (secondary N) is 1. The van der Waals surface area contributed by atoms with Crippen LogP contribution in [0.5, 0.6) is 0 Å². The topological polar surface area (TPSA) is 68.9 Å². The Labute approximate surface area is 101 Å². The van der Waals surface area contributed by atoms with Crippen molar-refractivity contribution in [3.63, 3.8) is 0 Å². The highest BCUT2D eigenvalue weighted by Gasteiger charge is 2.21. The number of hydrogen-bond donors (Lipinski definition) is 2. The molecule has 1 aromatic rings. The van der Waals surface area contributed by atoms with Gasteiger partial charge in [0.05, 0.1) is 12.1 Å². The molecule has 0 aliphatic heterocycles. The standard InChI is InChI=1S/C13H17N3O/c14-9-10-5-4-8-13(15-10)16-11-6-2-1-3-7-12(11)17/h4-5,8,11-12,17H,1-3,6-7H2,(H,15,16). The molecule has 4 heteroatoms. The van der Waals surface area contributed by atoms with E-state index in [0.717, 1.165) is 25.7 Å². The van der Waals surface area contributed by atoms with E-state index in [1.807, 2.05) is 12.1 Å². The number of nitriles is 1. The zero-order valence-electron chi connectivity index (χ0n) is 9.76. The van der Waals surface area contributed by atoms with Crippen LogP contribution in [0.2, 0.25) is 0 Å². The number of pyridine rings is 1. The van der Waals surface area contributed by atoms with E-state index in [9.17, 15) is 5.11 Å². The lowest BCUT2D eigenvalue weighted by Crippen LogP contribution is -2.32. The molecular formula is C13H17N3O. The number of anilines is 1. The third-order valence-electron chi connectivity index (χ3n) is 3.18. The lowest BCUT2D eigenvalue weighted by atomic mass is 10.1. The predicted octanol–water partition coefficient (Wildman–Crippen LogP) is 2.06. The summed E-state index contributed by atoms with van der Waals surface area (Å²) in [6.45, 7) is 0. The van der Waals surface area contributed by atoms with Gasteiger partial charge in [-0.1, -0.05) is 25.3 Å². The molecule has 0 amide bonds. The molecule has 0 radical (unpaired) electrons. The minimum Gasteiger partial charge on any atom is -0.391 e. The fraction of sp³-hybridized carbons (Fsp3) is 0.538. The molecule has 0 aromatic carbocycles. The lowest BCUT2D eigenvalue weighted by Gasteiger charge is -2.22. The molecule has 2 rings (SSSR count). The number of aliphatic hydroxyl groups is 1. The molecule has 0 spiro atoms. The van der Waals surface area contributed by atoms with E-state index < -0.39 is 0 Å². The maximum Gasteiger partial charge on any atom is 0.142 e. The average Bonchev–Trinajstić information content (AvgIpc) is 2.55. The summed E-state index contributed by atoms with van der Waals surface area (Å²) in [5, 5.41) is 22.0. The first-order valence-electron chi connectivity index (χ1n) is 6.11. The van der Waals surface area contributed by atoms with E-state index in [1.165, 1.54) is 6.42 Å². The number of hydrogen-bond acceptors (Lipinski definition) is 4.